The minimum absolute atomic E-state index is 0.167. The molecule has 17 heavy (non-hydrogen) atoms. The molecule has 2 amide bonds. The summed E-state index contributed by atoms with van der Waals surface area (Å²) in [4.78, 5) is 22.7. The van der Waals surface area contributed by atoms with Crippen LogP contribution in [-0.2, 0) is 9.59 Å². The molecule has 1 saturated carbocycles. The Morgan fingerprint density at radius 2 is 2.12 bits per heavy atom. The predicted molar refractivity (Wildman–Crippen MR) is 61.2 cm³/mol. The fourth-order valence-corrected chi connectivity index (χ4v) is 2.17. The van der Waals surface area contributed by atoms with E-state index in [1.807, 2.05) is 0 Å². The van der Waals surface area contributed by atoms with E-state index in [9.17, 15) is 14.7 Å². The van der Waals surface area contributed by atoms with Crippen molar-refractivity contribution in [3.05, 3.63) is 0 Å². The van der Waals surface area contributed by atoms with Gasteiger partial charge in [0.1, 0.15) is 5.71 Å². The third kappa shape index (κ3) is 3.03. The zero-order valence-corrected chi connectivity index (χ0v) is 9.61. The van der Waals surface area contributed by atoms with E-state index in [1.54, 1.807) is 0 Å². The lowest BCUT2D eigenvalue weighted by molar-refractivity contribution is -0.121. The van der Waals surface area contributed by atoms with Crippen LogP contribution in [0.25, 0.3) is 0 Å². The SMILES string of the molecule is O=C1CCC(C(=O)N[C@H]2CCCC[C@@H]2O)=NN1. The van der Waals surface area contributed by atoms with Crippen LogP contribution in [0.2, 0.25) is 0 Å². The Kier molecular flexibility index (Phi) is 3.73. The molecule has 1 aliphatic carbocycles. The Morgan fingerprint density at radius 1 is 1.35 bits per heavy atom. The van der Waals surface area contributed by atoms with Gasteiger partial charge < -0.3 is 10.4 Å². The van der Waals surface area contributed by atoms with Gasteiger partial charge in [-0.05, 0) is 12.8 Å². The number of rotatable bonds is 2. The lowest BCUT2D eigenvalue weighted by atomic mass is 9.92. The van der Waals surface area contributed by atoms with Gasteiger partial charge in [-0.15, -0.1) is 0 Å². The van der Waals surface area contributed by atoms with Gasteiger partial charge in [0.15, 0.2) is 0 Å². The fourth-order valence-electron chi connectivity index (χ4n) is 2.17. The summed E-state index contributed by atoms with van der Waals surface area (Å²) in [5.74, 6) is -0.449. The molecule has 0 aromatic carbocycles. The standard InChI is InChI=1S/C11H17N3O3/c15-9-4-2-1-3-7(9)12-11(17)8-5-6-10(16)14-13-8/h7,9,15H,1-6H2,(H,12,17)(H,14,16)/t7-,9-/m0/s1. The Hall–Kier alpha value is -1.43. The molecule has 0 radical (unpaired) electrons. The average Bonchev–Trinajstić information content (AvgIpc) is 2.33. The van der Waals surface area contributed by atoms with Crippen molar-refractivity contribution in [1.82, 2.24) is 10.7 Å². The number of aliphatic hydroxyl groups excluding tert-OH is 1. The van der Waals surface area contributed by atoms with Crippen molar-refractivity contribution in [2.45, 2.75) is 50.7 Å². The van der Waals surface area contributed by atoms with Gasteiger partial charge in [-0.2, -0.15) is 5.10 Å². The van der Waals surface area contributed by atoms with Crippen LogP contribution < -0.4 is 10.7 Å². The molecule has 0 saturated heterocycles. The number of amides is 2. The molecule has 0 aromatic heterocycles. The number of hydrogen-bond donors (Lipinski definition) is 3. The first-order chi connectivity index (χ1) is 8.16. The van der Waals surface area contributed by atoms with E-state index in [-0.39, 0.29) is 17.9 Å². The van der Waals surface area contributed by atoms with Crippen LogP contribution in [0.15, 0.2) is 5.10 Å². The van der Waals surface area contributed by atoms with Crippen molar-refractivity contribution in [2.75, 3.05) is 0 Å². The van der Waals surface area contributed by atoms with Crippen LogP contribution in [-0.4, -0.2) is 34.8 Å². The molecule has 6 nitrogen and oxygen atoms in total. The molecule has 0 spiro atoms. The summed E-state index contributed by atoms with van der Waals surface area (Å²) in [6, 6.07) is -0.184. The number of carbonyl (C=O) groups excluding carboxylic acids is 2. The summed E-state index contributed by atoms with van der Waals surface area (Å²) in [5, 5.41) is 16.2. The van der Waals surface area contributed by atoms with E-state index in [1.165, 1.54) is 0 Å². The molecule has 0 bridgehead atoms. The van der Waals surface area contributed by atoms with Crippen molar-refractivity contribution >= 4 is 17.5 Å². The van der Waals surface area contributed by atoms with Crippen LogP contribution in [0.1, 0.15) is 38.5 Å². The first kappa shape index (κ1) is 12.0. The number of hydrazone groups is 1. The molecule has 94 valence electrons. The van der Waals surface area contributed by atoms with Gasteiger partial charge in [-0.1, -0.05) is 12.8 Å². The minimum atomic E-state index is -0.466. The average molecular weight is 239 g/mol. The highest BCUT2D eigenvalue weighted by atomic mass is 16.3. The summed E-state index contributed by atoms with van der Waals surface area (Å²) >= 11 is 0. The summed E-state index contributed by atoms with van der Waals surface area (Å²) < 4.78 is 0. The molecule has 2 atom stereocenters. The second kappa shape index (κ2) is 5.27. The number of nitrogens with one attached hydrogen (secondary N) is 2. The molecule has 2 aliphatic rings. The van der Waals surface area contributed by atoms with Gasteiger partial charge in [0, 0.05) is 12.8 Å². The Balaban J connectivity index is 1.90. The molecule has 6 heteroatoms. The van der Waals surface area contributed by atoms with E-state index < -0.39 is 6.10 Å². The number of aliphatic hydroxyl groups is 1. The van der Waals surface area contributed by atoms with Crippen molar-refractivity contribution in [3.63, 3.8) is 0 Å². The first-order valence-corrected chi connectivity index (χ1v) is 6.01. The molecule has 0 unspecified atom stereocenters. The highest BCUT2D eigenvalue weighted by Crippen LogP contribution is 2.18. The van der Waals surface area contributed by atoms with E-state index >= 15 is 0 Å². The van der Waals surface area contributed by atoms with Crippen molar-refractivity contribution in [3.8, 4) is 0 Å². The predicted octanol–water partition coefficient (Wildman–Crippen LogP) is -0.328. The largest absolute Gasteiger partial charge is 0.391 e. The number of nitrogens with zero attached hydrogens (tertiary/aromatic N) is 1. The maximum atomic E-state index is 11.8. The summed E-state index contributed by atoms with van der Waals surface area (Å²) in [5.41, 5.74) is 2.62. The van der Waals surface area contributed by atoms with E-state index in [2.05, 4.69) is 15.8 Å². The molecule has 0 aromatic rings. The third-order valence-corrected chi connectivity index (χ3v) is 3.21. The highest BCUT2D eigenvalue weighted by molar-refractivity contribution is 6.39. The van der Waals surface area contributed by atoms with Gasteiger partial charge >= 0.3 is 0 Å². The zero-order valence-electron chi connectivity index (χ0n) is 9.61. The number of hydrogen-bond acceptors (Lipinski definition) is 4. The Morgan fingerprint density at radius 3 is 2.76 bits per heavy atom. The zero-order chi connectivity index (χ0) is 12.3. The molecule has 1 aliphatic heterocycles. The number of carbonyl (C=O) groups is 2. The minimum Gasteiger partial charge on any atom is -0.391 e. The van der Waals surface area contributed by atoms with Gasteiger partial charge in [-0.3, -0.25) is 9.59 Å². The van der Waals surface area contributed by atoms with Crippen molar-refractivity contribution in [2.24, 2.45) is 5.10 Å². The lowest BCUT2D eigenvalue weighted by Gasteiger charge is -2.28. The quantitative estimate of drug-likeness (QED) is 0.616. The maximum absolute atomic E-state index is 11.8. The molecule has 3 N–H and O–H groups in total. The van der Waals surface area contributed by atoms with Gasteiger partial charge in [-0.25, -0.2) is 5.43 Å². The first-order valence-electron chi connectivity index (χ1n) is 6.01. The molecule has 1 fully saturated rings. The van der Waals surface area contributed by atoms with E-state index in [0.717, 1.165) is 25.7 Å². The third-order valence-electron chi connectivity index (χ3n) is 3.21. The van der Waals surface area contributed by atoms with Crippen LogP contribution in [0, 0.1) is 0 Å². The van der Waals surface area contributed by atoms with E-state index in [4.69, 9.17) is 0 Å². The van der Waals surface area contributed by atoms with Gasteiger partial charge in [0.2, 0.25) is 5.91 Å². The van der Waals surface area contributed by atoms with Gasteiger partial charge in [0.05, 0.1) is 12.1 Å². The van der Waals surface area contributed by atoms with Crippen LogP contribution in [0.4, 0.5) is 0 Å². The summed E-state index contributed by atoms with van der Waals surface area (Å²) in [6.45, 7) is 0. The topological polar surface area (TPSA) is 90.8 Å². The van der Waals surface area contributed by atoms with Crippen LogP contribution in [0.5, 0.6) is 0 Å². The van der Waals surface area contributed by atoms with Crippen LogP contribution >= 0.6 is 0 Å². The molecular formula is C11H17N3O3. The smallest absolute Gasteiger partial charge is 0.267 e. The lowest BCUT2D eigenvalue weighted by Crippen LogP contribution is -2.48. The monoisotopic (exact) mass is 239 g/mol. The second-order valence-electron chi connectivity index (χ2n) is 4.53. The van der Waals surface area contributed by atoms with Gasteiger partial charge in [0.25, 0.3) is 5.91 Å². The molecule has 2 rings (SSSR count). The second-order valence-corrected chi connectivity index (χ2v) is 4.53. The van der Waals surface area contributed by atoms with E-state index in [0.29, 0.717) is 18.6 Å². The highest BCUT2D eigenvalue weighted by Gasteiger charge is 2.27. The summed E-state index contributed by atoms with van der Waals surface area (Å²) in [7, 11) is 0. The molecular weight excluding hydrogens is 222 g/mol. The Labute approximate surface area is 99.5 Å². The Bertz CT molecular complexity index is 354. The molecule has 1 heterocycles. The maximum Gasteiger partial charge on any atom is 0.267 e. The van der Waals surface area contributed by atoms with Crippen molar-refractivity contribution < 1.29 is 14.7 Å². The van der Waals surface area contributed by atoms with Crippen LogP contribution in [0.3, 0.4) is 0 Å². The summed E-state index contributed by atoms with van der Waals surface area (Å²) in [6.07, 6.45) is 3.74. The normalized spacial score (nSPS) is 29.2. The fraction of sp³-hybridized carbons (Fsp3) is 0.727. The van der Waals surface area contributed by atoms with Crippen molar-refractivity contribution in [1.29, 1.82) is 0 Å².